The second-order valence-corrected chi connectivity index (χ2v) is 5.22. The molecule has 1 aliphatic carbocycles. The van der Waals surface area contributed by atoms with Crippen LogP contribution in [-0.4, -0.2) is 22.4 Å². The van der Waals surface area contributed by atoms with Gasteiger partial charge >= 0.3 is 0 Å². The molecule has 5 heteroatoms. The van der Waals surface area contributed by atoms with E-state index in [1.165, 1.54) is 12.8 Å². The fourth-order valence-corrected chi connectivity index (χ4v) is 2.08. The van der Waals surface area contributed by atoms with Crippen LogP contribution in [0.15, 0.2) is 10.7 Å². The molecule has 0 bridgehead atoms. The monoisotopic (exact) mass is 289 g/mol. The Hall–Kier alpha value is -0.350. The van der Waals surface area contributed by atoms with Crippen molar-refractivity contribution in [2.45, 2.75) is 19.8 Å². The van der Waals surface area contributed by atoms with Gasteiger partial charge in [0, 0.05) is 24.0 Å². The van der Waals surface area contributed by atoms with E-state index in [1.807, 2.05) is 6.92 Å². The molecule has 1 heterocycles. The largest absolute Gasteiger partial charge is 0.368 e. The predicted molar refractivity (Wildman–Crippen MR) is 65.3 cm³/mol. The number of rotatable bonds is 4. The van der Waals surface area contributed by atoms with Crippen LogP contribution < -0.4 is 5.32 Å². The maximum Gasteiger partial charge on any atom is 0.144 e. The molecule has 0 aromatic carbocycles. The van der Waals surface area contributed by atoms with E-state index >= 15 is 0 Å². The van der Waals surface area contributed by atoms with Gasteiger partial charge < -0.3 is 5.32 Å². The first-order valence-corrected chi connectivity index (χ1v) is 6.27. The van der Waals surface area contributed by atoms with Gasteiger partial charge in [-0.05, 0) is 35.7 Å². The van der Waals surface area contributed by atoms with Crippen LogP contribution in [0, 0.1) is 12.3 Å². The molecule has 3 nitrogen and oxygen atoms in total. The number of anilines is 1. The number of halogens is 2. The van der Waals surface area contributed by atoms with Gasteiger partial charge in [0.25, 0.3) is 0 Å². The topological polar surface area (TPSA) is 37.8 Å². The molecule has 1 aliphatic rings. The van der Waals surface area contributed by atoms with Crippen molar-refractivity contribution in [3.8, 4) is 0 Å². The molecule has 82 valence electrons. The molecule has 1 aromatic heterocycles. The molecule has 0 radical (unpaired) electrons. The van der Waals surface area contributed by atoms with E-state index in [0.717, 1.165) is 28.5 Å². The summed E-state index contributed by atoms with van der Waals surface area (Å²) in [7, 11) is 0. The van der Waals surface area contributed by atoms with Gasteiger partial charge in [-0.15, -0.1) is 11.6 Å². The molecular weight excluding hydrogens is 277 g/mol. The Labute approximate surface area is 103 Å². The summed E-state index contributed by atoms with van der Waals surface area (Å²) in [6.45, 7) is 2.78. The molecule has 0 saturated heterocycles. The summed E-state index contributed by atoms with van der Waals surface area (Å²) < 4.78 is 0.901. The molecule has 2 rings (SSSR count). The molecule has 0 amide bonds. The van der Waals surface area contributed by atoms with E-state index in [4.69, 9.17) is 11.6 Å². The highest BCUT2D eigenvalue weighted by Gasteiger charge is 2.41. The highest BCUT2D eigenvalue weighted by atomic mass is 79.9. The number of hydrogen-bond acceptors (Lipinski definition) is 3. The molecule has 0 atom stereocenters. The first kappa shape index (κ1) is 11.1. The van der Waals surface area contributed by atoms with Crippen molar-refractivity contribution >= 4 is 33.3 Å². The Balaban J connectivity index is 2.01. The van der Waals surface area contributed by atoms with Crippen molar-refractivity contribution in [3.63, 3.8) is 0 Å². The van der Waals surface area contributed by atoms with Crippen molar-refractivity contribution in [1.29, 1.82) is 0 Å². The minimum atomic E-state index is 0.305. The summed E-state index contributed by atoms with van der Waals surface area (Å²) >= 11 is 9.33. The van der Waals surface area contributed by atoms with Crippen LogP contribution >= 0.6 is 27.5 Å². The number of aromatic nitrogens is 2. The smallest absolute Gasteiger partial charge is 0.144 e. The molecule has 1 aromatic rings. The van der Waals surface area contributed by atoms with Crippen molar-refractivity contribution < 1.29 is 0 Å². The Morgan fingerprint density at radius 1 is 1.60 bits per heavy atom. The third-order valence-electron chi connectivity index (χ3n) is 2.74. The first-order chi connectivity index (χ1) is 7.15. The molecule has 1 fully saturated rings. The molecule has 0 spiro atoms. The quantitative estimate of drug-likeness (QED) is 0.866. The van der Waals surface area contributed by atoms with E-state index in [1.54, 1.807) is 6.20 Å². The summed E-state index contributed by atoms with van der Waals surface area (Å²) in [5.74, 6) is 2.36. The molecular formula is C10H13BrClN3. The highest BCUT2D eigenvalue weighted by Crippen LogP contribution is 2.46. The standard InChI is InChI=1S/C10H13BrClN3/c1-7-13-4-8(11)9(15-7)14-6-10(5-12)2-3-10/h4H,2-3,5-6H2,1H3,(H,13,14,15). The summed E-state index contributed by atoms with van der Waals surface area (Å²) in [5, 5.41) is 3.33. The number of nitrogens with zero attached hydrogens (tertiary/aromatic N) is 2. The zero-order chi connectivity index (χ0) is 10.9. The van der Waals surface area contributed by atoms with Crippen LogP contribution in [0.2, 0.25) is 0 Å². The van der Waals surface area contributed by atoms with Gasteiger partial charge in [-0.25, -0.2) is 9.97 Å². The third kappa shape index (κ3) is 2.61. The molecule has 15 heavy (non-hydrogen) atoms. The van der Waals surface area contributed by atoms with E-state index in [9.17, 15) is 0 Å². The van der Waals surface area contributed by atoms with E-state index in [0.29, 0.717) is 5.41 Å². The lowest BCUT2D eigenvalue weighted by atomic mass is 10.1. The Bertz CT molecular complexity index is 366. The average Bonchev–Trinajstić information content (AvgIpc) is 3.00. The average molecular weight is 291 g/mol. The highest BCUT2D eigenvalue weighted by molar-refractivity contribution is 9.10. The SMILES string of the molecule is Cc1ncc(Br)c(NCC2(CCl)CC2)n1. The van der Waals surface area contributed by atoms with Crippen molar-refractivity contribution in [2.24, 2.45) is 5.41 Å². The van der Waals surface area contributed by atoms with Crippen LogP contribution in [0.3, 0.4) is 0 Å². The van der Waals surface area contributed by atoms with E-state index < -0.39 is 0 Å². The Morgan fingerprint density at radius 3 is 2.93 bits per heavy atom. The van der Waals surface area contributed by atoms with E-state index in [2.05, 4.69) is 31.2 Å². The maximum atomic E-state index is 5.91. The van der Waals surface area contributed by atoms with Crippen LogP contribution in [0.25, 0.3) is 0 Å². The third-order valence-corrected chi connectivity index (χ3v) is 3.88. The lowest BCUT2D eigenvalue weighted by molar-refractivity contribution is 0.617. The molecule has 1 N–H and O–H groups in total. The van der Waals surface area contributed by atoms with E-state index in [-0.39, 0.29) is 0 Å². The number of nitrogens with one attached hydrogen (secondary N) is 1. The van der Waals surface area contributed by atoms with Crippen molar-refractivity contribution in [3.05, 3.63) is 16.5 Å². The van der Waals surface area contributed by atoms with Gasteiger partial charge in [0.1, 0.15) is 11.6 Å². The molecule has 0 aliphatic heterocycles. The fourth-order valence-electron chi connectivity index (χ4n) is 1.38. The van der Waals surface area contributed by atoms with Gasteiger partial charge in [-0.2, -0.15) is 0 Å². The number of aryl methyl sites for hydroxylation is 1. The van der Waals surface area contributed by atoms with Crippen LogP contribution in [0.1, 0.15) is 18.7 Å². The Morgan fingerprint density at radius 2 is 2.33 bits per heavy atom. The second-order valence-electron chi connectivity index (χ2n) is 4.10. The van der Waals surface area contributed by atoms with Gasteiger partial charge in [-0.3, -0.25) is 0 Å². The lowest BCUT2D eigenvalue weighted by Gasteiger charge is -2.13. The van der Waals surface area contributed by atoms with Gasteiger partial charge in [0.15, 0.2) is 0 Å². The summed E-state index contributed by atoms with van der Waals surface area (Å²) in [4.78, 5) is 8.42. The lowest BCUT2D eigenvalue weighted by Crippen LogP contribution is -2.18. The first-order valence-electron chi connectivity index (χ1n) is 4.94. The van der Waals surface area contributed by atoms with Gasteiger partial charge in [0.2, 0.25) is 0 Å². The van der Waals surface area contributed by atoms with Crippen molar-refractivity contribution in [1.82, 2.24) is 9.97 Å². The summed E-state index contributed by atoms with van der Waals surface area (Å²) in [6.07, 6.45) is 4.20. The van der Waals surface area contributed by atoms with Crippen LogP contribution in [0.4, 0.5) is 5.82 Å². The Kier molecular flexibility index (Phi) is 3.16. The summed E-state index contributed by atoms with van der Waals surface area (Å²) in [5.41, 5.74) is 0.305. The maximum absolute atomic E-state index is 5.91. The molecule has 1 saturated carbocycles. The minimum Gasteiger partial charge on any atom is -0.368 e. The zero-order valence-electron chi connectivity index (χ0n) is 8.56. The van der Waals surface area contributed by atoms with Gasteiger partial charge in [0.05, 0.1) is 4.47 Å². The number of hydrogen-bond donors (Lipinski definition) is 1. The second kappa shape index (κ2) is 4.26. The van der Waals surface area contributed by atoms with Gasteiger partial charge in [-0.1, -0.05) is 0 Å². The number of alkyl halides is 1. The normalized spacial score (nSPS) is 17.5. The predicted octanol–water partition coefficient (Wildman–Crippen LogP) is 2.98. The van der Waals surface area contributed by atoms with Crippen LogP contribution in [0.5, 0.6) is 0 Å². The van der Waals surface area contributed by atoms with Crippen LogP contribution in [-0.2, 0) is 0 Å². The molecule has 0 unspecified atom stereocenters. The minimum absolute atomic E-state index is 0.305. The summed E-state index contributed by atoms with van der Waals surface area (Å²) in [6, 6.07) is 0. The zero-order valence-corrected chi connectivity index (χ0v) is 10.9. The fraction of sp³-hybridized carbons (Fsp3) is 0.600. The van der Waals surface area contributed by atoms with Crippen molar-refractivity contribution in [2.75, 3.05) is 17.7 Å².